The van der Waals surface area contributed by atoms with Crippen LogP contribution in [0.1, 0.15) is 71.3 Å². The Morgan fingerprint density at radius 2 is 1.97 bits per heavy atom. The van der Waals surface area contributed by atoms with Gasteiger partial charge in [0.15, 0.2) is 0 Å². The van der Waals surface area contributed by atoms with Crippen molar-refractivity contribution in [2.75, 3.05) is 19.7 Å². The van der Waals surface area contributed by atoms with Gasteiger partial charge in [-0.1, -0.05) is 74.9 Å². The summed E-state index contributed by atoms with van der Waals surface area (Å²) in [5.41, 5.74) is -0.488. The fraction of sp³-hybridized carbons (Fsp3) is 0.548. The summed E-state index contributed by atoms with van der Waals surface area (Å²) in [5, 5.41) is 13.0. The minimum Gasteiger partial charge on any atom is -0.465 e. The fourth-order valence-corrected chi connectivity index (χ4v) is 5.57. The Kier molecular flexibility index (Phi) is 10.3. The van der Waals surface area contributed by atoms with Gasteiger partial charge in [-0.25, -0.2) is 0 Å². The van der Waals surface area contributed by atoms with E-state index in [-0.39, 0.29) is 36.9 Å². The van der Waals surface area contributed by atoms with Gasteiger partial charge in [-0.2, -0.15) is 5.26 Å². The highest BCUT2D eigenvalue weighted by Crippen LogP contribution is 2.37. The molecule has 1 aliphatic carbocycles. The molecule has 38 heavy (non-hydrogen) atoms. The van der Waals surface area contributed by atoms with Crippen LogP contribution in [0.15, 0.2) is 54.6 Å². The van der Waals surface area contributed by atoms with Gasteiger partial charge in [0.2, 0.25) is 11.8 Å². The number of ether oxygens (including phenoxy) is 1. The van der Waals surface area contributed by atoms with Gasteiger partial charge in [0.1, 0.15) is 11.5 Å². The van der Waals surface area contributed by atoms with Crippen molar-refractivity contribution in [2.45, 2.75) is 77.2 Å². The molecule has 0 aromatic heterocycles. The Bertz CT molecular complexity index is 1070. The van der Waals surface area contributed by atoms with Crippen molar-refractivity contribution in [1.82, 2.24) is 10.2 Å². The minimum atomic E-state index is -0.920. The summed E-state index contributed by atoms with van der Waals surface area (Å²) < 4.78 is 5.27. The smallest absolute Gasteiger partial charge is 0.318 e. The van der Waals surface area contributed by atoms with Crippen molar-refractivity contribution in [3.8, 4) is 6.07 Å². The van der Waals surface area contributed by atoms with Crippen molar-refractivity contribution in [3.63, 3.8) is 0 Å². The predicted molar refractivity (Wildman–Crippen MR) is 147 cm³/mol. The molecule has 1 aromatic rings. The lowest BCUT2D eigenvalue weighted by molar-refractivity contribution is -0.152. The molecule has 1 heterocycles. The van der Waals surface area contributed by atoms with Gasteiger partial charge in [0, 0.05) is 19.5 Å². The Morgan fingerprint density at radius 1 is 1.21 bits per heavy atom. The van der Waals surface area contributed by atoms with Crippen LogP contribution in [0.3, 0.4) is 0 Å². The number of nitrogens with one attached hydrogen (secondary N) is 1. The number of hydrogen-bond donors (Lipinski definition) is 1. The molecule has 0 saturated carbocycles. The van der Waals surface area contributed by atoms with Gasteiger partial charge in [-0.05, 0) is 50.5 Å². The van der Waals surface area contributed by atoms with E-state index in [0.29, 0.717) is 38.6 Å². The van der Waals surface area contributed by atoms with Gasteiger partial charge in [-0.15, -0.1) is 0 Å². The molecule has 3 atom stereocenters. The second-order valence-electron chi connectivity index (χ2n) is 10.6. The fourth-order valence-electron chi connectivity index (χ4n) is 5.57. The first-order chi connectivity index (χ1) is 18.3. The van der Waals surface area contributed by atoms with Crippen molar-refractivity contribution >= 4 is 17.8 Å². The Labute approximate surface area is 226 Å². The zero-order chi connectivity index (χ0) is 27.6. The summed E-state index contributed by atoms with van der Waals surface area (Å²) in [5.74, 6) is -0.472. The van der Waals surface area contributed by atoms with Crippen molar-refractivity contribution < 1.29 is 19.1 Å². The van der Waals surface area contributed by atoms with E-state index < -0.39 is 16.9 Å². The summed E-state index contributed by atoms with van der Waals surface area (Å²) in [6.45, 7) is 6.87. The molecule has 2 amide bonds. The van der Waals surface area contributed by atoms with E-state index in [1.807, 2.05) is 42.5 Å². The topological polar surface area (TPSA) is 99.5 Å². The molecule has 1 saturated heterocycles. The van der Waals surface area contributed by atoms with Crippen LogP contribution in [0.2, 0.25) is 0 Å². The van der Waals surface area contributed by atoms with Crippen LogP contribution in [0, 0.1) is 22.7 Å². The van der Waals surface area contributed by atoms with Gasteiger partial charge in [-0.3, -0.25) is 14.4 Å². The van der Waals surface area contributed by atoms with Gasteiger partial charge in [0.25, 0.3) is 0 Å². The third-order valence-electron chi connectivity index (χ3n) is 7.97. The second-order valence-corrected chi connectivity index (χ2v) is 10.6. The van der Waals surface area contributed by atoms with E-state index in [1.165, 1.54) is 0 Å². The molecule has 7 nitrogen and oxygen atoms in total. The quantitative estimate of drug-likeness (QED) is 0.315. The van der Waals surface area contributed by atoms with E-state index in [9.17, 15) is 19.6 Å². The highest BCUT2D eigenvalue weighted by molar-refractivity contribution is 5.89. The first-order valence-electron chi connectivity index (χ1n) is 13.8. The summed E-state index contributed by atoms with van der Waals surface area (Å²) in [7, 11) is 0. The van der Waals surface area contributed by atoms with Gasteiger partial charge >= 0.3 is 5.97 Å². The molecule has 1 aliphatic heterocycles. The number of allylic oxidation sites excluding steroid dienone is 3. The van der Waals surface area contributed by atoms with Gasteiger partial charge < -0.3 is 15.0 Å². The van der Waals surface area contributed by atoms with Gasteiger partial charge in [0.05, 0.1) is 18.1 Å². The molecule has 1 aromatic carbocycles. The summed E-state index contributed by atoms with van der Waals surface area (Å²) in [6.07, 6.45) is 11.6. The molecular formula is C31H41N3O4. The summed E-state index contributed by atoms with van der Waals surface area (Å²) in [4.78, 5) is 40.6. The molecule has 2 aliphatic rings. The number of amides is 2. The highest BCUT2D eigenvalue weighted by Gasteiger charge is 2.40. The number of hydrogen-bond acceptors (Lipinski definition) is 5. The van der Waals surface area contributed by atoms with Crippen LogP contribution < -0.4 is 5.32 Å². The number of nitriles is 1. The molecule has 0 spiro atoms. The Morgan fingerprint density at radius 3 is 2.61 bits per heavy atom. The Balaban J connectivity index is 1.55. The molecule has 1 N–H and O–H groups in total. The lowest BCUT2D eigenvalue weighted by Gasteiger charge is -2.32. The third-order valence-corrected chi connectivity index (χ3v) is 7.97. The summed E-state index contributed by atoms with van der Waals surface area (Å²) >= 11 is 0. The maximum Gasteiger partial charge on any atom is 0.318 e. The number of carbonyl (C=O) groups excluding carboxylic acids is 3. The number of nitrogens with zero attached hydrogens (tertiary/aromatic N) is 2. The van der Waals surface area contributed by atoms with Crippen LogP contribution in [0.25, 0.3) is 0 Å². The van der Waals surface area contributed by atoms with E-state index in [0.717, 1.165) is 18.4 Å². The highest BCUT2D eigenvalue weighted by atomic mass is 16.5. The first-order valence-corrected chi connectivity index (χ1v) is 13.8. The Hall–Kier alpha value is -3.40. The largest absolute Gasteiger partial charge is 0.465 e. The summed E-state index contributed by atoms with van der Waals surface area (Å²) in [6, 6.07) is 11.9. The number of likely N-dealkylation sites (tertiary alicyclic amines) is 1. The average Bonchev–Trinajstić information content (AvgIpc) is 3.43. The van der Waals surface area contributed by atoms with Crippen molar-refractivity contribution in [2.24, 2.45) is 11.3 Å². The molecule has 0 bridgehead atoms. The average molecular weight is 520 g/mol. The van der Waals surface area contributed by atoms with Crippen LogP contribution >= 0.6 is 0 Å². The number of carbonyl (C=O) groups is 3. The molecule has 204 valence electrons. The molecular weight excluding hydrogens is 478 g/mol. The van der Waals surface area contributed by atoms with Crippen LogP contribution in [0.4, 0.5) is 0 Å². The molecule has 3 rings (SSSR count). The molecule has 2 unspecified atom stereocenters. The number of esters is 1. The van der Waals surface area contributed by atoms with Crippen molar-refractivity contribution in [1.29, 1.82) is 5.26 Å². The number of benzene rings is 1. The lowest BCUT2D eigenvalue weighted by atomic mass is 9.69. The van der Waals surface area contributed by atoms with Crippen LogP contribution in [-0.4, -0.2) is 48.4 Å². The minimum absolute atomic E-state index is 0.0323. The standard InChI is InChI=1S/C31H41N3O4/c1-4-38-29(37)30(18-10-6-11-19-30)23-33-28(36)26-16-13-21-34(26)27(35)17-9-12-20-31(22-32,24(2)3)25-14-7-5-8-15-25/h5-8,10-11,14-15,18,24,26H,4,9,12-13,16-17,19-21,23H2,1-3H3,(H,33,36)/t26-,30?,31?/m1/s1. The SMILES string of the molecule is CCOC(=O)C1(CNC(=O)[C@H]2CCCN2C(=O)CCCCC(C#N)(c2ccccc2)C(C)C)C=CC=CC1. The zero-order valence-electron chi connectivity index (χ0n) is 22.9. The predicted octanol–water partition coefficient (Wildman–Crippen LogP) is 4.84. The molecule has 0 radical (unpaired) electrons. The van der Waals surface area contributed by atoms with E-state index in [2.05, 4.69) is 25.2 Å². The van der Waals surface area contributed by atoms with E-state index in [1.54, 1.807) is 24.0 Å². The first kappa shape index (κ1) is 29.2. The normalized spacial score (nSPS) is 22.1. The second kappa shape index (κ2) is 13.4. The molecule has 1 fully saturated rings. The third kappa shape index (κ3) is 6.53. The zero-order valence-corrected chi connectivity index (χ0v) is 22.9. The maximum absolute atomic E-state index is 13.1. The van der Waals surface area contributed by atoms with E-state index in [4.69, 9.17) is 4.74 Å². The van der Waals surface area contributed by atoms with Crippen LogP contribution in [-0.2, 0) is 24.5 Å². The van der Waals surface area contributed by atoms with Crippen molar-refractivity contribution in [3.05, 3.63) is 60.2 Å². The van der Waals surface area contributed by atoms with Crippen LogP contribution in [0.5, 0.6) is 0 Å². The number of unbranched alkanes of at least 4 members (excludes halogenated alkanes) is 1. The van der Waals surface area contributed by atoms with E-state index >= 15 is 0 Å². The molecule has 7 heteroatoms. The lowest BCUT2D eigenvalue weighted by Crippen LogP contribution is -2.50. The number of rotatable bonds is 12. The maximum atomic E-state index is 13.1. The monoisotopic (exact) mass is 519 g/mol.